The number of piperidine rings is 1. The standard InChI is InChI=1S/C22H26ClF3N6O/c1-2-13-10-30-21(28)18(9-27)20(13)31-16-4-3-5-32(12-16)19(33)11-29-17-7-14(22(24,25)26)6-15(23)8-17/h6-10,16,27,29H,2-5,11-12H2,1H3,(H3,28,30,31). The number of carbonyl (C=O) groups is 1. The summed E-state index contributed by atoms with van der Waals surface area (Å²) in [7, 11) is 0. The monoisotopic (exact) mass is 482 g/mol. The summed E-state index contributed by atoms with van der Waals surface area (Å²) in [4.78, 5) is 18.6. The fourth-order valence-electron chi connectivity index (χ4n) is 3.84. The number of anilines is 3. The van der Waals surface area contributed by atoms with Gasteiger partial charge in [0.2, 0.25) is 5.91 Å². The highest BCUT2D eigenvalue weighted by Crippen LogP contribution is 2.33. The van der Waals surface area contributed by atoms with Crippen LogP contribution in [0.15, 0.2) is 24.4 Å². The van der Waals surface area contributed by atoms with Crippen LogP contribution in [0.3, 0.4) is 0 Å². The van der Waals surface area contributed by atoms with Crippen molar-refractivity contribution in [2.24, 2.45) is 0 Å². The van der Waals surface area contributed by atoms with Crippen molar-refractivity contribution in [1.82, 2.24) is 9.88 Å². The molecule has 7 nitrogen and oxygen atoms in total. The Morgan fingerprint density at radius 2 is 2.15 bits per heavy atom. The number of likely N-dealkylation sites (tertiary alicyclic amines) is 1. The lowest BCUT2D eigenvalue weighted by atomic mass is 10.0. The molecule has 3 rings (SSSR count). The molecular formula is C22H26ClF3N6O. The van der Waals surface area contributed by atoms with Gasteiger partial charge < -0.3 is 26.7 Å². The third-order valence-corrected chi connectivity index (χ3v) is 5.76. The van der Waals surface area contributed by atoms with Crippen molar-refractivity contribution in [2.45, 2.75) is 38.4 Å². The van der Waals surface area contributed by atoms with Gasteiger partial charge in [0.15, 0.2) is 0 Å². The number of halogens is 4. The number of hydrogen-bond donors (Lipinski definition) is 4. The molecule has 1 saturated heterocycles. The molecule has 178 valence electrons. The number of nitrogens with zero attached hydrogens (tertiary/aromatic N) is 2. The van der Waals surface area contributed by atoms with E-state index in [9.17, 15) is 18.0 Å². The molecule has 1 amide bonds. The van der Waals surface area contributed by atoms with Gasteiger partial charge in [-0.25, -0.2) is 4.98 Å². The van der Waals surface area contributed by atoms with E-state index in [0.29, 0.717) is 25.1 Å². The van der Waals surface area contributed by atoms with E-state index in [-0.39, 0.29) is 35.0 Å². The molecule has 0 saturated carbocycles. The maximum absolute atomic E-state index is 13.0. The molecular weight excluding hydrogens is 457 g/mol. The quantitative estimate of drug-likeness (QED) is 0.437. The van der Waals surface area contributed by atoms with Crippen molar-refractivity contribution in [2.75, 3.05) is 36.0 Å². The van der Waals surface area contributed by atoms with Crippen LogP contribution in [0, 0.1) is 5.41 Å². The van der Waals surface area contributed by atoms with Crippen LogP contribution in [0.25, 0.3) is 0 Å². The summed E-state index contributed by atoms with van der Waals surface area (Å²) in [5.74, 6) is 0.0321. The lowest BCUT2D eigenvalue weighted by Crippen LogP contribution is -2.47. The molecule has 1 unspecified atom stereocenters. The number of nitrogen functional groups attached to an aromatic ring is 1. The minimum Gasteiger partial charge on any atom is -0.383 e. The van der Waals surface area contributed by atoms with Crippen LogP contribution in [0.2, 0.25) is 5.02 Å². The van der Waals surface area contributed by atoms with E-state index in [0.717, 1.165) is 36.2 Å². The minimum absolute atomic E-state index is 0.0588. The maximum Gasteiger partial charge on any atom is 0.416 e. The first-order chi connectivity index (χ1) is 15.6. The van der Waals surface area contributed by atoms with E-state index in [2.05, 4.69) is 15.6 Å². The summed E-state index contributed by atoms with van der Waals surface area (Å²) >= 11 is 5.80. The average molecular weight is 483 g/mol. The number of pyridine rings is 1. The highest BCUT2D eigenvalue weighted by Gasteiger charge is 2.31. The molecule has 0 radical (unpaired) electrons. The first-order valence-electron chi connectivity index (χ1n) is 10.6. The highest BCUT2D eigenvalue weighted by atomic mass is 35.5. The van der Waals surface area contributed by atoms with Crippen LogP contribution in [-0.4, -0.2) is 47.7 Å². The number of benzene rings is 1. The van der Waals surface area contributed by atoms with Crippen LogP contribution < -0.4 is 16.4 Å². The molecule has 11 heteroatoms. The number of aryl methyl sites for hydroxylation is 1. The smallest absolute Gasteiger partial charge is 0.383 e. The molecule has 2 heterocycles. The van der Waals surface area contributed by atoms with Gasteiger partial charge in [0.25, 0.3) is 0 Å². The van der Waals surface area contributed by atoms with Gasteiger partial charge in [0.05, 0.1) is 23.4 Å². The van der Waals surface area contributed by atoms with Crippen molar-refractivity contribution >= 4 is 40.9 Å². The van der Waals surface area contributed by atoms with Gasteiger partial charge in [-0.1, -0.05) is 18.5 Å². The Balaban J connectivity index is 1.66. The van der Waals surface area contributed by atoms with E-state index >= 15 is 0 Å². The van der Waals surface area contributed by atoms with Gasteiger partial charge in [0.1, 0.15) is 5.82 Å². The first kappa shape index (κ1) is 24.6. The molecule has 1 aromatic heterocycles. The Bertz CT molecular complexity index is 1030. The zero-order valence-corrected chi connectivity index (χ0v) is 18.9. The van der Waals surface area contributed by atoms with Gasteiger partial charge >= 0.3 is 6.18 Å². The Morgan fingerprint density at radius 1 is 1.39 bits per heavy atom. The van der Waals surface area contributed by atoms with Gasteiger partial charge in [0, 0.05) is 42.3 Å². The summed E-state index contributed by atoms with van der Waals surface area (Å²) in [6.45, 7) is 2.80. The van der Waals surface area contributed by atoms with Gasteiger partial charge in [-0.2, -0.15) is 13.2 Å². The van der Waals surface area contributed by atoms with Crippen molar-refractivity contribution in [3.63, 3.8) is 0 Å². The molecule has 0 aliphatic carbocycles. The van der Waals surface area contributed by atoms with Crippen LogP contribution >= 0.6 is 11.6 Å². The van der Waals surface area contributed by atoms with Gasteiger partial charge in [-0.3, -0.25) is 4.79 Å². The van der Waals surface area contributed by atoms with E-state index in [4.69, 9.17) is 22.7 Å². The Morgan fingerprint density at radius 3 is 2.82 bits per heavy atom. The first-order valence-corrected chi connectivity index (χ1v) is 10.9. The fraction of sp³-hybridized carbons (Fsp3) is 0.409. The highest BCUT2D eigenvalue weighted by molar-refractivity contribution is 6.31. The SMILES string of the molecule is CCc1cnc(N)c(C=N)c1NC1CCCN(C(=O)CNc2cc(Cl)cc(C(F)(F)F)c2)C1. The summed E-state index contributed by atoms with van der Waals surface area (Å²) in [5, 5.41) is 13.8. The van der Waals surface area contributed by atoms with Crippen molar-refractivity contribution < 1.29 is 18.0 Å². The number of nitrogens with one attached hydrogen (secondary N) is 3. The minimum atomic E-state index is -4.53. The topological polar surface area (TPSA) is 107 Å². The molecule has 1 atom stereocenters. The third-order valence-electron chi connectivity index (χ3n) is 5.54. The summed E-state index contributed by atoms with van der Waals surface area (Å²) in [6.07, 6.45) is 0.611. The van der Waals surface area contributed by atoms with Crippen molar-refractivity contribution in [3.8, 4) is 0 Å². The average Bonchev–Trinajstić information content (AvgIpc) is 2.77. The second-order valence-electron chi connectivity index (χ2n) is 7.86. The number of aromatic nitrogens is 1. The second kappa shape index (κ2) is 10.3. The molecule has 1 aliphatic rings. The zero-order valence-electron chi connectivity index (χ0n) is 18.1. The molecule has 33 heavy (non-hydrogen) atoms. The lowest BCUT2D eigenvalue weighted by molar-refractivity contribution is -0.137. The number of alkyl halides is 3. The molecule has 1 fully saturated rings. The predicted octanol–water partition coefficient (Wildman–Crippen LogP) is 4.41. The van der Waals surface area contributed by atoms with Gasteiger partial charge in [-0.15, -0.1) is 0 Å². The molecule has 1 aromatic carbocycles. The van der Waals surface area contributed by atoms with Crippen molar-refractivity contribution in [3.05, 3.63) is 46.1 Å². The second-order valence-corrected chi connectivity index (χ2v) is 8.29. The Hall–Kier alpha value is -3.01. The van der Waals surface area contributed by atoms with Crippen LogP contribution in [0.1, 0.15) is 36.5 Å². The zero-order chi connectivity index (χ0) is 24.2. The number of amides is 1. The van der Waals surface area contributed by atoms with E-state index in [1.165, 1.54) is 12.3 Å². The maximum atomic E-state index is 13.0. The Labute approximate surface area is 195 Å². The van der Waals surface area contributed by atoms with Crippen molar-refractivity contribution in [1.29, 1.82) is 5.41 Å². The number of nitrogens with two attached hydrogens (primary N) is 1. The molecule has 0 bridgehead atoms. The summed E-state index contributed by atoms with van der Waals surface area (Å²) < 4.78 is 39.0. The normalized spacial score (nSPS) is 16.4. The van der Waals surface area contributed by atoms with E-state index in [1.54, 1.807) is 11.1 Å². The predicted molar refractivity (Wildman–Crippen MR) is 124 cm³/mol. The number of hydrogen-bond acceptors (Lipinski definition) is 6. The van der Waals surface area contributed by atoms with E-state index < -0.39 is 11.7 Å². The molecule has 1 aliphatic heterocycles. The summed E-state index contributed by atoms with van der Waals surface area (Å²) in [6, 6.07) is 3.06. The third kappa shape index (κ3) is 6.07. The largest absolute Gasteiger partial charge is 0.416 e. The summed E-state index contributed by atoms with van der Waals surface area (Å²) in [5.41, 5.74) is 7.36. The molecule has 0 spiro atoms. The number of carbonyl (C=O) groups excluding carboxylic acids is 1. The van der Waals surface area contributed by atoms with Gasteiger partial charge in [-0.05, 0) is 43.0 Å². The molecule has 2 aromatic rings. The van der Waals surface area contributed by atoms with E-state index in [1.807, 2.05) is 6.92 Å². The number of rotatable bonds is 7. The van der Waals surface area contributed by atoms with Crippen LogP contribution in [0.5, 0.6) is 0 Å². The Kier molecular flexibility index (Phi) is 7.68. The lowest BCUT2D eigenvalue weighted by Gasteiger charge is -2.34. The van der Waals surface area contributed by atoms with Crippen LogP contribution in [-0.2, 0) is 17.4 Å². The fourth-order valence-corrected chi connectivity index (χ4v) is 4.07. The molecule has 5 N–H and O–H groups in total. The van der Waals surface area contributed by atoms with Crippen LogP contribution in [0.4, 0.5) is 30.4 Å².